The third-order valence-corrected chi connectivity index (χ3v) is 6.70. The Morgan fingerprint density at radius 3 is 1.80 bits per heavy atom. The molecule has 1 atom stereocenters. The van der Waals surface area contributed by atoms with E-state index in [2.05, 4.69) is 5.32 Å². The van der Waals surface area contributed by atoms with E-state index in [1.165, 1.54) is 0 Å². The molecule has 0 bridgehead atoms. The van der Waals surface area contributed by atoms with Crippen LogP contribution in [0.4, 0.5) is 0 Å². The first kappa shape index (κ1) is 26.8. The number of rotatable bonds is 10. The summed E-state index contributed by atoms with van der Waals surface area (Å²) in [4.78, 5) is 28.8. The van der Waals surface area contributed by atoms with Gasteiger partial charge in [-0.1, -0.05) is 96.9 Å². The first-order valence-electron chi connectivity index (χ1n) is 11.9. The lowest BCUT2D eigenvalue weighted by atomic mass is 9.88. The van der Waals surface area contributed by atoms with E-state index in [-0.39, 0.29) is 36.7 Å². The van der Waals surface area contributed by atoms with Gasteiger partial charge in [0.1, 0.15) is 6.04 Å². The number of hydrogen-bond donors (Lipinski definition) is 1. The van der Waals surface area contributed by atoms with E-state index >= 15 is 0 Å². The highest BCUT2D eigenvalue weighted by molar-refractivity contribution is 6.36. The first-order chi connectivity index (χ1) is 16.8. The molecule has 6 heteroatoms. The smallest absolute Gasteiger partial charge is 0.243 e. The Hall–Kier alpha value is -2.82. The molecular formula is C29H32Cl2N2O2. The van der Waals surface area contributed by atoms with Crippen LogP contribution in [-0.4, -0.2) is 28.8 Å². The second-order valence-electron chi connectivity index (χ2n) is 8.89. The van der Waals surface area contributed by atoms with Crippen LogP contribution in [-0.2, 0) is 16.1 Å². The second kappa shape index (κ2) is 12.8. The van der Waals surface area contributed by atoms with Gasteiger partial charge in [-0.15, -0.1) is 0 Å². The predicted molar refractivity (Wildman–Crippen MR) is 144 cm³/mol. The average Bonchev–Trinajstić information content (AvgIpc) is 2.84. The average molecular weight is 511 g/mol. The Labute approximate surface area is 218 Å². The fraction of sp³-hybridized carbons (Fsp3) is 0.310. The van der Waals surface area contributed by atoms with E-state index in [1.807, 2.05) is 81.4 Å². The van der Waals surface area contributed by atoms with E-state index < -0.39 is 6.04 Å². The molecule has 3 aromatic rings. The summed E-state index contributed by atoms with van der Waals surface area (Å²) in [5, 5.41) is 3.90. The lowest BCUT2D eigenvalue weighted by Gasteiger charge is -2.33. The van der Waals surface area contributed by atoms with Crippen molar-refractivity contribution in [2.75, 3.05) is 0 Å². The Balaban J connectivity index is 2.00. The molecule has 0 heterocycles. The second-order valence-corrected chi connectivity index (χ2v) is 9.70. The number of carbonyl (C=O) groups excluding carboxylic acids is 2. The third kappa shape index (κ3) is 7.09. The number of nitrogens with zero attached hydrogens (tertiary/aromatic N) is 1. The van der Waals surface area contributed by atoms with Gasteiger partial charge < -0.3 is 10.2 Å². The highest BCUT2D eigenvalue weighted by Crippen LogP contribution is 2.31. The molecule has 0 aliphatic carbocycles. The molecule has 0 unspecified atom stereocenters. The van der Waals surface area contributed by atoms with Gasteiger partial charge in [0.25, 0.3) is 0 Å². The molecule has 3 aromatic carbocycles. The van der Waals surface area contributed by atoms with Crippen molar-refractivity contribution in [3.05, 3.63) is 106 Å². The monoisotopic (exact) mass is 510 g/mol. The zero-order valence-electron chi connectivity index (χ0n) is 20.4. The van der Waals surface area contributed by atoms with Gasteiger partial charge in [0, 0.05) is 40.5 Å². The van der Waals surface area contributed by atoms with Crippen LogP contribution in [0.5, 0.6) is 0 Å². The van der Waals surface area contributed by atoms with Crippen molar-refractivity contribution in [3.8, 4) is 0 Å². The van der Waals surface area contributed by atoms with Crippen molar-refractivity contribution in [1.29, 1.82) is 0 Å². The summed E-state index contributed by atoms with van der Waals surface area (Å²) in [5.41, 5.74) is 2.72. The van der Waals surface area contributed by atoms with Crippen LogP contribution in [0.3, 0.4) is 0 Å². The van der Waals surface area contributed by atoms with E-state index in [0.717, 1.165) is 11.1 Å². The minimum atomic E-state index is -0.649. The van der Waals surface area contributed by atoms with E-state index in [1.54, 1.807) is 23.1 Å². The highest BCUT2D eigenvalue weighted by atomic mass is 35.5. The van der Waals surface area contributed by atoms with Crippen LogP contribution in [0.15, 0.2) is 78.9 Å². The zero-order chi connectivity index (χ0) is 25.4. The molecule has 184 valence electrons. The number of nitrogens with one attached hydrogen (secondary N) is 1. The Morgan fingerprint density at radius 1 is 0.829 bits per heavy atom. The minimum Gasteiger partial charge on any atom is -0.352 e. The van der Waals surface area contributed by atoms with Gasteiger partial charge in [-0.25, -0.2) is 0 Å². The molecule has 0 aliphatic heterocycles. The number of benzene rings is 3. The lowest BCUT2D eigenvalue weighted by molar-refractivity contribution is -0.141. The summed E-state index contributed by atoms with van der Waals surface area (Å²) >= 11 is 12.9. The van der Waals surface area contributed by atoms with Crippen molar-refractivity contribution >= 4 is 35.0 Å². The van der Waals surface area contributed by atoms with Gasteiger partial charge in [0.15, 0.2) is 0 Å². The molecule has 0 fully saturated rings. The quantitative estimate of drug-likeness (QED) is 0.324. The SMILES string of the molecule is CC[C@H](C(=O)NC(C)C)N(Cc1c(Cl)cccc1Cl)C(=O)CC(c1ccccc1)c1ccccc1. The van der Waals surface area contributed by atoms with Crippen LogP contribution in [0, 0.1) is 0 Å². The Kier molecular flexibility index (Phi) is 9.76. The first-order valence-corrected chi connectivity index (χ1v) is 12.7. The summed E-state index contributed by atoms with van der Waals surface area (Å²) in [7, 11) is 0. The van der Waals surface area contributed by atoms with Crippen LogP contribution in [0.1, 0.15) is 56.2 Å². The van der Waals surface area contributed by atoms with E-state index in [4.69, 9.17) is 23.2 Å². The molecular weight excluding hydrogens is 479 g/mol. The summed E-state index contributed by atoms with van der Waals surface area (Å²) < 4.78 is 0. The van der Waals surface area contributed by atoms with Gasteiger partial charge in [-0.05, 0) is 43.5 Å². The Morgan fingerprint density at radius 2 is 1.34 bits per heavy atom. The molecule has 35 heavy (non-hydrogen) atoms. The molecule has 0 radical (unpaired) electrons. The molecule has 4 nitrogen and oxygen atoms in total. The summed E-state index contributed by atoms with van der Waals surface area (Å²) in [6.07, 6.45) is 0.676. The van der Waals surface area contributed by atoms with Crippen molar-refractivity contribution in [2.24, 2.45) is 0 Å². The fourth-order valence-electron chi connectivity index (χ4n) is 4.24. The summed E-state index contributed by atoms with van der Waals surface area (Å²) in [6.45, 7) is 5.87. The number of halogens is 2. The maximum atomic E-state index is 14.0. The third-order valence-electron chi connectivity index (χ3n) is 5.99. The molecule has 0 saturated carbocycles. The largest absolute Gasteiger partial charge is 0.352 e. The van der Waals surface area contributed by atoms with Gasteiger partial charge in [0.2, 0.25) is 11.8 Å². The van der Waals surface area contributed by atoms with Crippen molar-refractivity contribution in [1.82, 2.24) is 10.2 Å². The minimum absolute atomic E-state index is 0.0428. The fourth-order valence-corrected chi connectivity index (χ4v) is 4.76. The van der Waals surface area contributed by atoms with Crippen molar-refractivity contribution in [3.63, 3.8) is 0 Å². The predicted octanol–water partition coefficient (Wildman–Crippen LogP) is 6.85. The lowest BCUT2D eigenvalue weighted by Crippen LogP contribution is -2.50. The summed E-state index contributed by atoms with van der Waals surface area (Å²) in [6, 6.07) is 24.5. The Bertz CT molecular complexity index is 1060. The van der Waals surface area contributed by atoms with Crippen molar-refractivity contribution in [2.45, 2.75) is 58.2 Å². The van der Waals surface area contributed by atoms with Crippen LogP contribution in [0.2, 0.25) is 10.0 Å². The topological polar surface area (TPSA) is 49.4 Å². The number of hydrogen-bond acceptors (Lipinski definition) is 2. The van der Waals surface area contributed by atoms with Crippen LogP contribution >= 0.6 is 23.2 Å². The zero-order valence-corrected chi connectivity index (χ0v) is 21.9. The van der Waals surface area contributed by atoms with Crippen LogP contribution < -0.4 is 5.32 Å². The highest BCUT2D eigenvalue weighted by Gasteiger charge is 2.32. The maximum absolute atomic E-state index is 14.0. The molecule has 0 aliphatic rings. The molecule has 0 saturated heterocycles. The number of carbonyl (C=O) groups is 2. The molecule has 2 amide bonds. The molecule has 0 aromatic heterocycles. The van der Waals surface area contributed by atoms with Crippen molar-refractivity contribution < 1.29 is 9.59 Å². The molecule has 3 rings (SSSR count). The number of amides is 2. The normalized spacial score (nSPS) is 12.0. The van der Waals surface area contributed by atoms with Crippen LogP contribution in [0.25, 0.3) is 0 Å². The van der Waals surface area contributed by atoms with E-state index in [9.17, 15) is 9.59 Å². The standard InChI is InChI=1S/C29H32Cl2N2O2/c1-4-27(29(35)32-20(2)3)33(19-24-25(30)16-11-17-26(24)31)28(34)18-23(21-12-7-5-8-13-21)22-14-9-6-10-15-22/h5-17,20,23,27H,4,18-19H2,1-3H3,(H,32,35)/t27-/m1/s1. The molecule has 1 N–H and O–H groups in total. The summed E-state index contributed by atoms with van der Waals surface area (Å²) in [5.74, 6) is -0.473. The maximum Gasteiger partial charge on any atom is 0.243 e. The van der Waals surface area contributed by atoms with Gasteiger partial charge in [-0.2, -0.15) is 0 Å². The van der Waals surface area contributed by atoms with E-state index in [0.29, 0.717) is 22.0 Å². The van der Waals surface area contributed by atoms with Gasteiger partial charge in [0.05, 0.1) is 0 Å². The van der Waals surface area contributed by atoms with Gasteiger partial charge >= 0.3 is 0 Å². The van der Waals surface area contributed by atoms with Gasteiger partial charge in [-0.3, -0.25) is 9.59 Å². The molecule has 0 spiro atoms.